The molecule has 2 aromatic rings. The van der Waals surface area contributed by atoms with Crippen LogP contribution in [0.15, 0.2) is 12.1 Å². The first-order chi connectivity index (χ1) is 9.43. The zero-order chi connectivity index (χ0) is 14.9. The summed E-state index contributed by atoms with van der Waals surface area (Å²) in [6.07, 6.45) is 0. The smallest absolute Gasteiger partial charge is 0.171 e. The molecule has 0 aliphatic rings. The molecule has 0 amide bonds. The summed E-state index contributed by atoms with van der Waals surface area (Å²) in [5, 5.41) is 21.4. The average molecular weight is 307 g/mol. The highest BCUT2D eigenvalue weighted by atomic mass is 35.5. The van der Waals surface area contributed by atoms with E-state index in [1.165, 1.54) is 0 Å². The van der Waals surface area contributed by atoms with Crippen LogP contribution in [0, 0.1) is 32.1 Å². The van der Waals surface area contributed by atoms with Crippen molar-refractivity contribution in [2.24, 2.45) is 0 Å². The van der Waals surface area contributed by atoms with E-state index in [4.69, 9.17) is 23.2 Å². The number of hydrogen-bond donors (Lipinski definition) is 1. The van der Waals surface area contributed by atoms with Crippen molar-refractivity contribution in [3.8, 4) is 6.07 Å². The van der Waals surface area contributed by atoms with Crippen molar-refractivity contribution in [3.05, 3.63) is 44.6 Å². The van der Waals surface area contributed by atoms with Gasteiger partial charge in [0.25, 0.3) is 0 Å². The monoisotopic (exact) mass is 306 g/mol. The second-order valence-corrected chi connectivity index (χ2v) is 5.27. The lowest BCUT2D eigenvalue weighted by atomic mass is 10.1. The van der Waals surface area contributed by atoms with Crippen molar-refractivity contribution in [1.82, 2.24) is 10.2 Å². The van der Waals surface area contributed by atoms with E-state index in [9.17, 15) is 5.26 Å². The van der Waals surface area contributed by atoms with E-state index in [0.29, 0.717) is 27.1 Å². The third-order valence-corrected chi connectivity index (χ3v) is 3.79. The number of halogens is 2. The van der Waals surface area contributed by atoms with Gasteiger partial charge in [0.05, 0.1) is 16.4 Å². The second-order valence-electron chi connectivity index (χ2n) is 4.45. The van der Waals surface area contributed by atoms with Crippen LogP contribution in [-0.4, -0.2) is 10.2 Å². The van der Waals surface area contributed by atoms with E-state index >= 15 is 0 Å². The van der Waals surface area contributed by atoms with Crippen LogP contribution in [0.25, 0.3) is 0 Å². The van der Waals surface area contributed by atoms with Gasteiger partial charge in [0.15, 0.2) is 5.82 Å². The molecule has 1 aromatic carbocycles. The fourth-order valence-electron chi connectivity index (χ4n) is 1.70. The molecule has 1 heterocycles. The predicted octanol–water partition coefficient (Wildman–Crippen LogP) is 4.32. The number of nitriles is 1. The average Bonchev–Trinajstić information content (AvgIpc) is 2.40. The molecule has 4 nitrogen and oxygen atoms in total. The first kappa shape index (κ1) is 14.6. The van der Waals surface area contributed by atoms with Crippen molar-refractivity contribution < 1.29 is 0 Å². The summed E-state index contributed by atoms with van der Waals surface area (Å²) >= 11 is 12.2. The van der Waals surface area contributed by atoms with Crippen molar-refractivity contribution in [2.45, 2.75) is 20.8 Å². The van der Waals surface area contributed by atoms with E-state index in [1.54, 1.807) is 12.1 Å². The van der Waals surface area contributed by atoms with E-state index in [0.717, 1.165) is 16.8 Å². The first-order valence-corrected chi connectivity index (χ1v) is 6.66. The Bertz CT molecular complexity index is 720. The van der Waals surface area contributed by atoms with Crippen LogP contribution in [0.5, 0.6) is 0 Å². The quantitative estimate of drug-likeness (QED) is 0.897. The number of rotatable bonds is 2. The van der Waals surface area contributed by atoms with Gasteiger partial charge in [-0.25, -0.2) is 0 Å². The SMILES string of the molecule is Cc1cc(Cl)c(Nc2nnc(C)c(C)c2C#N)cc1Cl. The Morgan fingerprint density at radius 3 is 2.45 bits per heavy atom. The predicted molar refractivity (Wildman–Crippen MR) is 80.7 cm³/mol. The maximum atomic E-state index is 9.25. The van der Waals surface area contributed by atoms with Gasteiger partial charge in [0, 0.05) is 5.02 Å². The molecular formula is C14H12Cl2N4. The summed E-state index contributed by atoms with van der Waals surface area (Å²) in [4.78, 5) is 0. The Hall–Kier alpha value is -1.83. The normalized spacial score (nSPS) is 10.2. The van der Waals surface area contributed by atoms with Gasteiger partial charge in [-0.3, -0.25) is 0 Å². The van der Waals surface area contributed by atoms with Crippen LogP contribution in [0.1, 0.15) is 22.4 Å². The van der Waals surface area contributed by atoms with Gasteiger partial charge in [-0.2, -0.15) is 10.4 Å². The number of benzene rings is 1. The highest BCUT2D eigenvalue weighted by molar-refractivity contribution is 6.35. The summed E-state index contributed by atoms with van der Waals surface area (Å²) in [6, 6.07) is 5.59. The van der Waals surface area contributed by atoms with Gasteiger partial charge in [0.1, 0.15) is 11.6 Å². The van der Waals surface area contributed by atoms with Crippen LogP contribution in [0.2, 0.25) is 10.0 Å². The number of hydrogen-bond acceptors (Lipinski definition) is 4. The molecule has 1 N–H and O–H groups in total. The minimum Gasteiger partial charge on any atom is -0.336 e. The first-order valence-electron chi connectivity index (χ1n) is 5.90. The largest absolute Gasteiger partial charge is 0.336 e. The number of nitrogens with one attached hydrogen (secondary N) is 1. The summed E-state index contributed by atoms with van der Waals surface area (Å²) in [7, 11) is 0. The lowest BCUT2D eigenvalue weighted by Crippen LogP contribution is -2.04. The Labute approximate surface area is 127 Å². The topological polar surface area (TPSA) is 61.6 Å². The number of aryl methyl sites for hydroxylation is 2. The fraction of sp³-hybridized carbons (Fsp3) is 0.214. The van der Waals surface area contributed by atoms with Crippen molar-refractivity contribution in [1.29, 1.82) is 5.26 Å². The van der Waals surface area contributed by atoms with Gasteiger partial charge in [-0.15, -0.1) is 5.10 Å². The molecule has 0 bridgehead atoms. The van der Waals surface area contributed by atoms with E-state index in [1.807, 2.05) is 20.8 Å². The molecule has 0 saturated carbocycles. The van der Waals surface area contributed by atoms with E-state index in [2.05, 4.69) is 21.6 Å². The molecular weight excluding hydrogens is 295 g/mol. The minimum atomic E-state index is 0.373. The zero-order valence-corrected chi connectivity index (χ0v) is 12.8. The van der Waals surface area contributed by atoms with Crippen LogP contribution in [0.4, 0.5) is 11.5 Å². The van der Waals surface area contributed by atoms with Crippen LogP contribution in [0.3, 0.4) is 0 Å². The summed E-state index contributed by atoms with van der Waals surface area (Å²) < 4.78 is 0. The maximum absolute atomic E-state index is 9.25. The molecule has 0 radical (unpaired) electrons. The molecule has 2 rings (SSSR count). The van der Waals surface area contributed by atoms with Gasteiger partial charge in [-0.05, 0) is 44.0 Å². The third kappa shape index (κ3) is 2.69. The fourth-order valence-corrected chi connectivity index (χ4v) is 2.13. The minimum absolute atomic E-state index is 0.373. The van der Waals surface area contributed by atoms with Crippen molar-refractivity contribution in [3.63, 3.8) is 0 Å². The second kappa shape index (κ2) is 5.66. The highest BCUT2D eigenvalue weighted by Gasteiger charge is 2.13. The van der Waals surface area contributed by atoms with Crippen LogP contribution >= 0.6 is 23.2 Å². The highest BCUT2D eigenvalue weighted by Crippen LogP contribution is 2.31. The Balaban J connectivity index is 2.49. The summed E-state index contributed by atoms with van der Waals surface area (Å²) in [5.41, 5.74) is 3.44. The van der Waals surface area contributed by atoms with Gasteiger partial charge < -0.3 is 5.32 Å². The lowest BCUT2D eigenvalue weighted by Gasteiger charge is -2.12. The van der Waals surface area contributed by atoms with Crippen molar-refractivity contribution in [2.75, 3.05) is 5.32 Å². The molecule has 20 heavy (non-hydrogen) atoms. The number of anilines is 2. The van der Waals surface area contributed by atoms with Crippen LogP contribution < -0.4 is 5.32 Å². The lowest BCUT2D eigenvalue weighted by molar-refractivity contribution is 0.960. The van der Waals surface area contributed by atoms with E-state index < -0.39 is 0 Å². The molecule has 0 fully saturated rings. The summed E-state index contributed by atoms with van der Waals surface area (Å²) in [5.74, 6) is 0.373. The molecule has 6 heteroatoms. The molecule has 0 atom stereocenters. The zero-order valence-electron chi connectivity index (χ0n) is 11.3. The molecule has 102 valence electrons. The maximum Gasteiger partial charge on any atom is 0.171 e. The molecule has 0 aliphatic heterocycles. The molecule has 0 saturated heterocycles. The molecule has 0 unspecified atom stereocenters. The Morgan fingerprint density at radius 2 is 1.80 bits per heavy atom. The molecule has 0 spiro atoms. The third-order valence-electron chi connectivity index (χ3n) is 3.07. The Kier molecular flexibility index (Phi) is 4.12. The number of aromatic nitrogens is 2. The molecule has 0 aliphatic carbocycles. The van der Waals surface area contributed by atoms with Gasteiger partial charge in [-0.1, -0.05) is 23.2 Å². The summed E-state index contributed by atoms with van der Waals surface area (Å²) in [6.45, 7) is 5.51. The van der Waals surface area contributed by atoms with Crippen molar-refractivity contribution >= 4 is 34.7 Å². The van der Waals surface area contributed by atoms with Crippen LogP contribution in [-0.2, 0) is 0 Å². The van der Waals surface area contributed by atoms with Gasteiger partial charge in [0.2, 0.25) is 0 Å². The number of nitrogens with zero attached hydrogens (tertiary/aromatic N) is 3. The van der Waals surface area contributed by atoms with Gasteiger partial charge >= 0.3 is 0 Å². The van der Waals surface area contributed by atoms with E-state index in [-0.39, 0.29) is 0 Å². The standard InChI is InChI=1S/C14H12Cl2N4/c1-7-4-12(16)13(5-11(7)15)18-14-10(6-17)8(2)9(3)19-20-14/h4-5H,1-3H3,(H,18,20). The Morgan fingerprint density at radius 1 is 1.10 bits per heavy atom. The molecule has 1 aromatic heterocycles.